The van der Waals surface area contributed by atoms with E-state index in [-0.39, 0.29) is 0 Å². The third kappa shape index (κ3) is 6.39. The SMILES string of the molecule is CCc1cccnc1CN(C)/C=C/N(Cc1ncccc1CC)Cc1ncccc1CC. The van der Waals surface area contributed by atoms with Gasteiger partial charge in [-0.15, -0.1) is 0 Å². The van der Waals surface area contributed by atoms with Crippen LogP contribution in [0.15, 0.2) is 67.4 Å². The molecule has 0 aliphatic heterocycles. The summed E-state index contributed by atoms with van der Waals surface area (Å²) >= 11 is 0. The van der Waals surface area contributed by atoms with Crippen LogP contribution in [0, 0.1) is 0 Å². The molecular weight excluding hydrogens is 394 g/mol. The van der Waals surface area contributed by atoms with Gasteiger partial charge in [0.1, 0.15) is 0 Å². The molecule has 0 aliphatic rings. The first-order chi connectivity index (χ1) is 15.6. The summed E-state index contributed by atoms with van der Waals surface area (Å²) in [7, 11) is 2.10. The predicted octanol–water partition coefficient (Wildman–Crippen LogP) is 5.16. The molecule has 3 aromatic heterocycles. The fourth-order valence-electron chi connectivity index (χ4n) is 3.85. The van der Waals surface area contributed by atoms with E-state index in [0.717, 1.165) is 56.0 Å². The summed E-state index contributed by atoms with van der Waals surface area (Å²) in [6, 6.07) is 12.5. The summed E-state index contributed by atoms with van der Waals surface area (Å²) in [5.41, 5.74) is 7.24. The van der Waals surface area contributed by atoms with Gasteiger partial charge in [-0.1, -0.05) is 39.0 Å². The average Bonchev–Trinajstić information content (AvgIpc) is 2.83. The van der Waals surface area contributed by atoms with Gasteiger partial charge in [0.05, 0.1) is 36.7 Å². The zero-order valence-electron chi connectivity index (χ0n) is 19.8. The molecule has 0 fully saturated rings. The molecule has 0 aliphatic carbocycles. The number of rotatable bonds is 11. The van der Waals surface area contributed by atoms with Crippen LogP contribution in [0.3, 0.4) is 0 Å². The molecule has 0 aromatic carbocycles. The van der Waals surface area contributed by atoms with Crippen LogP contribution < -0.4 is 0 Å². The Labute approximate surface area is 192 Å². The van der Waals surface area contributed by atoms with Crippen LogP contribution in [0.25, 0.3) is 0 Å². The van der Waals surface area contributed by atoms with E-state index in [4.69, 9.17) is 0 Å². The molecule has 0 atom stereocenters. The van der Waals surface area contributed by atoms with E-state index in [1.165, 1.54) is 16.7 Å². The molecule has 0 N–H and O–H groups in total. The van der Waals surface area contributed by atoms with Crippen molar-refractivity contribution in [1.82, 2.24) is 24.8 Å². The largest absolute Gasteiger partial charge is 0.373 e. The van der Waals surface area contributed by atoms with Crippen LogP contribution in [0.5, 0.6) is 0 Å². The van der Waals surface area contributed by atoms with E-state index in [9.17, 15) is 0 Å². The standard InChI is InChI=1S/C27H35N5/c1-5-22-11-8-14-28-25(22)19-31(4)17-18-32(20-26-23(6-2)12-9-15-29-26)21-27-24(7-3)13-10-16-30-27/h8-18H,5-7,19-21H2,1-4H3/b18-17+. The number of hydrogen-bond donors (Lipinski definition) is 0. The lowest BCUT2D eigenvalue weighted by atomic mass is 10.1. The molecule has 168 valence electrons. The van der Waals surface area contributed by atoms with Crippen molar-refractivity contribution >= 4 is 0 Å². The van der Waals surface area contributed by atoms with Crippen molar-refractivity contribution in [1.29, 1.82) is 0 Å². The van der Waals surface area contributed by atoms with Crippen LogP contribution in [0.2, 0.25) is 0 Å². The minimum Gasteiger partial charge on any atom is -0.373 e. The van der Waals surface area contributed by atoms with Crippen LogP contribution >= 0.6 is 0 Å². The molecule has 0 saturated heterocycles. The third-order valence-corrected chi connectivity index (χ3v) is 5.73. The summed E-state index contributed by atoms with van der Waals surface area (Å²) < 4.78 is 0. The van der Waals surface area contributed by atoms with Gasteiger partial charge < -0.3 is 9.80 Å². The van der Waals surface area contributed by atoms with E-state index in [1.54, 1.807) is 0 Å². The highest BCUT2D eigenvalue weighted by Crippen LogP contribution is 2.16. The monoisotopic (exact) mass is 429 g/mol. The second-order valence-corrected chi connectivity index (χ2v) is 8.01. The average molecular weight is 430 g/mol. The van der Waals surface area contributed by atoms with E-state index < -0.39 is 0 Å². The number of pyridine rings is 3. The van der Waals surface area contributed by atoms with Crippen molar-refractivity contribution < 1.29 is 0 Å². The van der Waals surface area contributed by atoms with Crippen LogP contribution in [-0.4, -0.2) is 31.8 Å². The highest BCUT2D eigenvalue weighted by molar-refractivity contribution is 5.23. The Morgan fingerprint density at radius 3 is 1.44 bits per heavy atom. The first kappa shape index (κ1) is 23.5. The van der Waals surface area contributed by atoms with Gasteiger partial charge >= 0.3 is 0 Å². The highest BCUT2D eigenvalue weighted by atomic mass is 15.2. The van der Waals surface area contributed by atoms with Crippen molar-refractivity contribution in [2.45, 2.75) is 59.7 Å². The first-order valence-electron chi connectivity index (χ1n) is 11.5. The molecular formula is C27H35N5. The van der Waals surface area contributed by atoms with E-state index in [1.807, 2.05) is 36.8 Å². The van der Waals surface area contributed by atoms with Crippen LogP contribution in [0.4, 0.5) is 0 Å². The topological polar surface area (TPSA) is 45.2 Å². The third-order valence-electron chi connectivity index (χ3n) is 5.73. The molecule has 5 heteroatoms. The van der Waals surface area contributed by atoms with Gasteiger partial charge in [0, 0.05) is 38.0 Å². The first-order valence-corrected chi connectivity index (χ1v) is 11.5. The molecule has 3 heterocycles. The normalized spacial score (nSPS) is 11.1. The number of nitrogens with zero attached hydrogens (tertiary/aromatic N) is 5. The molecule has 32 heavy (non-hydrogen) atoms. The Kier molecular flexibility index (Phi) is 8.79. The lowest BCUT2D eigenvalue weighted by Crippen LogP contribution is -2.21. The van der Waals surface area contributed by atoms with E-state index >= 15 is 0 Å². The zero-order valence-corrected chi connectivity index (χ0v) is 19.8. The van der Waals surface area contributed by atoms with Gasteiger partial charge in [0.15, 0.2) is 0 Å². The van der Waals surface area contributed by atoms with E-state index in [0.29, 0.717) is 0 Å². The summed E-state index contributed by atoms with van der Waals surface area (Å²) in [6.45, 7) is 8.81. The van der Waals surface area contributed by atoms with Crippen LogP contribution in [-0.2, 0) is 38.9 Å². The summed E-state index contributed by atoms with van der Waals surface area (Å²) in [5.74, 6) is 0. The molecule has 0 amide bonds. The summed E-state index contributed by atoms with van der Waals surface area (Å²) in [5, 5.41) is 0. The van der Waals surface area contributed by atoms with Crippen molar-refractivity contribution in [3.05, 3.63) is 101 Å². The van der Waals surface area contributed by atoms with Crippen molar-refractivity contribution in [2.24, 2.45) is 0 Å². The zero-order chi connectivity index (χ0) is 22.8. The van der Waals surface area contributed by atoms with E-state index in [2.05, 4.69) is 83.2 Å². The molecule has 3 rings (SSSR count). The fourth-order valence-corrected chi connectivity index (χ4v) is 3.85. The van der Waals surface area contributed by atoms with Crippen molar-refractivity contribution in [3.8, 4) is 0 Å². The molecule has 0 radical (unpaired) electrons. The number of aromatic nitrogens is 3. The van der Waals surface area contributed by atoms with Gasteiger partial charge in [-0.2, -0.15) is 0 Å². The van der Waals surface area contributed by atoms with Gasteiger partial charge in [-0.3, -0.25) is 15.0 Å². The summed E-state index contributed by atoms with van der Waals surface area (Å²) in [6.07, 6.45) is 12.9. The Balaban J connectivity index is 1.81. The predicted molar refractivity (Wildman–Crippen MR) is 131 cm³/mol. The minimum atomic E-state index is 0.748. The molecule has 0 unspecified atom stereocenters. The van der Waals surface area contributed by atoms with Crippen molar-refractivity contribution in [3.63, 3.8) is 0 Å². The lowest BCUT2D eigenvalue weighted by Gasteiger charge is -2.24. The van der Waals surface area contributed by atoms with Crippen molar-refractivity contribution in [2.75, 3.05) is 7.05 Å². The smallest absolute Gasteiger partial charge is 0.0628 e. The van der Waals surface area contributed by atoms with Gasteiger partial charge in [-0.05, 0) is 54.2 Å². The van der Waals surface area contributed by atoms with Crippen LogP contribution in [0.1, 0.15) is 54.5 Å². The second kappa shape index (κ2) is 12.0. The Morgan fingerprint density at radius 1 is 0.625 bits per heavy atom. The van der Waals surface area contributed by atoms with Gasteiger partial charge in [0.2, 0.25) is 0 Å². The maximum atomic E-state index is 4.67. The molecule has 5 nitrogen and oxygen atoms in total. The summed E-state index contributed by atoms with van der Waals surface area (Å²) in [4.78, 5) is 18.4. The molecule has 0 bridgehead atoms. The fraction of sp³-hybridized carbons (Fsp3) is 0.370. The molecule has 0 spiro atoms. The maximum Gasteiger partial charge on any atom is 0.0628 e. The highest BCUT2D eigenvalue weighted by Gasteiger charge is 2.11. The molecule has 3 aromatic rings. The Morgan fingerprint density at radius 2 is 1.03 bits per heavy atom. The maximum absolute atomic E-state index is 4.67. The minimum absolute atomic E-state index is 0.748. The Hall–Kier alpha value is -3.21. The molecule has 0 saturated carbocycles. The number of hydrogen-bond acceptors (Lipinski definition) is 5. The second-order valence-electron chi connectivity index (χ2n) is 8.01. The van der Waals surface area contributed by atoms with Gasteiger partial charge in [0.25, 0.3) is 0 Å². The Bertz CT molecular complexity index is 965. The van der Waals surface area contributed by atoms with Gasteiger partial charge in [-0.25, -0.2) is 0 Å². The lowest BCUT2D eigenvalue weighted by molar-refractivity contribution is 0.336. The quantitative estimate of drug-likeness (QED) is 0.421. The number of aryl methyl sites for hydroxylation is 3.